The summed E-state index contributed by atoms with van der Waals surface area (Å²) in [6, 6.07) is 3.76. The largest absolute Gasteiger partial charge is 0.496 e. The van der Waals surface area contributed by atoms with Crippen LogP contribution in [0.25, 0.3) is 12.2 Å². The van der Waals surface area contributed by atoms with Crippen molar-refractivity contribution >= 4 is 12.2 Å². The highest BCUT2D eigenvalue weighted by Crippen LogP contribution is 2.30. The van der Waals surface area contributed by atoms with Gasteiger partial charge in [0, 0.05) is 11.1 Å². The van der Waals surface area contributed by atoms with Crippen LogP contribution in [0.1, 0.15) is 11.1 Å². The van der Waals surface area contributed by atoms with Gasteiger partial charge in [-0.25, -0.2) is 0 Å². The van der Waals surface area contributed by atoms with Crippen LogP contribution in [-0.4, -0.2) is 14.2 Å². The first-order valence-corrected chi connectivity index (χ1v) is 4.27. The topological polar surface area (TPSA) is 18.5 Å². The van der Waals surface area contributed by atoms with E-state index in [0.29, 0.717) is 0 Å². The number of hydrogen-bond acceptors (Lipinski definition) is 2. The van der Waals surface area contributed by atoms with Crippen molar-refractivity contribution in [1.29, 1.82) is 0 Å². The zero-order chi connectivity index (χ0) is 10.6. The Labute approximate surface area is 84.5 Å². The second-order valence-electron chi connectivity index (χ2n) is 2.74. The van der Waals surface area contributed by atoms with Crippen molar-refractivity contribution in [3.05, 3.63) is 36.4 Å². The van der Waals surface area contributed by atoms with Crippen molar-refractivity contribution < 1.29 is 9.47 Å². The minimum atomic E-state index is 0.774. The smallest absolute Gasteiger partial charge is 0.126 e. The van der Waals surface area contributed by atoms with Crippen LogP contribution in [0.15, 0.2) is 25.3 Å². The van der Waals surface area contributed by atoms with Crippen LogP contribution < -0.4 is 9.47 Å². The number of ether oxygens (including phenoxy) is 2. The summed E-state index contributed by atoms with van der Waals surface area (Å²) < 4.78 is 10.4. The SMILES string of the molecule is C=Cc1cc(OC)c(C=C)cc1OC. The van der Waals surface area contributed by atoms with Gasteiger partial charge in [-0.2, -0.15) is 0 Å². The fraction of sp³-hybridized carbons (Fsp3) is 0.167. The second kappa shape index (κ2) is 4.51. The fourth-order valence-corrected chi connectivity index (χ4v) is 1.26. The number of methoxy groups -OCH3 is 2. The average molecular weight is 190 g/mol. The monoisotopic (exact) mass is 190 g/mol. The molecule has 1 aromatic carbocycles. The third kappa shape index (κ3) is 1.79. The summed E-state index contributed by atoms with van der Waals surface area (Å²) in [7, 11) is 3.25. The number of hydrogen-bond donors (Lipinski definition) is 0. The lowest BCUT2D eigenvalue weighted by atomic mass is 10.1. The number of rotatable bonds is 4. The Morgan fingerprint density at radius 3 is 1.50 bits per heavy atom. The van der Waals surface area contributed by atoms with Gasteiger partial charge in [0.1, 0.15) is 11.5 Å². The fourth-order valence-electron chi connectivity index (χ4n) is 1.26. The second-order valence-corrected chi connectivity index (χ2v) is 2.74. The Morgan fingerprint density at radius 2 is 1.29 bits per heavy atom. The maximum Gasteiger partial charge on any atom is 0.126 e. The molecular weight excluding hydrogens is 176 g/mol. The van der Waals surface area contributed by atoms with Crippen molar-refractivity contribution in [3.8, 4) is 11.5 Å². The minimum absolute atomic E-state index is 0.774. The Hall–Kier alpha value is -1.70. The van der Waals surface area contributed by atoms with Gasteiger partial charge in [-0.15, -0.1) is 0 Å². The standard InChI is InChI=1S/C12H14O2/c1-5-9-7-12(14-4)10(6-2)8-11(9)13-3/h5-8H,1-2H2,3-4H3. The van der Waals surface area contributed by atoms with Gasteiger partial charge in [-0.3, -0.25) is 0 Å². The first kappa shape index (κ1) is 10.4. The Bertz CT molecular complexity index is 318. The molecule has 0 aliphatic carbocycles. The molecule has 0 aromatic heterocycles. The lowest BCUT2D eigenvalue weighted by molar-refractivity contribution is 0.401. The van der Waals surface area contributed by atoms with E-state index in [1.54, 1.807) is 26.4 Å². The molecule has 2 heteroatoms. The lowest BCUT2D eigenvalue weighted by Gasteiger charge is -2.10. The molecule has 0 N–H and O–H groups in total. The molecule has 2 nitrogen and oxygen atoms in total. The highest BCUT2D eigenvalue weighted by molar-refractivity contribution is 5.66. The molecule has 0 aliphatic rings. The van der Waals surface area contributed by atoms with Gasteiger partial charge in [0.05, 0.1) is 14.2 Å². The van der Waals surface area contributed by atoms with E-state index in [0.717, 1.165) is 22.6 Å². The normalized spacial score (nSPS) is 9.29. The van der Waals surface area contributed by atoms with Crippen molar-refractivity contribution in [3.63, 3.8) is 0 Å². The van der Waals surface area contributed by atoms with Crippen molar-refractivity contribution in [2.24, 2.45) is 0 Å². The predicted octanol–water partition coefficient (Wildman–Crippen LogP) is 2.99. The summed E-state index contributed by atoms with van der Waals surface area (Å²) in [5, 5.41) is 0. The Morgan fingerprint density at radius 1 is 0.929 bits per heavy atom. The van der Waals surface area contributed by atoms with Gasteiger partial charge in [0.2, 0.25) is 0 Å². The van der Waals surface area contributed by atoms with Crippen LogP contribution in [0.5, 0.6) is 11.5 Å². The molecule has 0 spiro atoms. The van der Waals surface area contributed by atoms with Crippen molar-refractivity contribution in [2.75, 3.05) is 14.2 Å². The molecule has 0 atom stereocenters. The molecule has 0 fully saturated rings. The van der Waals surface area contributed by atoms with Gasteiger partial charge < -0.3 is 9.47 Å². The van der Waals surface area contributed by atoms with Crippen LogP contribution in [0.4, 0.5) is 0 Å². The first-order valence-electron chi connectivity index (χ1n) is 4.27. The summed E-state index contributed by atoms with van der Waals surface area (Å²) in [5.74, 6) is 1.55. The molecule has 0 bridgehead atoms. The van der Waals surface area contributed by atoms with Gasteiger partial charge in [-0.1, -0.05) is 25.3 Å². The zero-order valence-electron chi connectivity index (χ0n) is 8.54. The summed E-state index contributed by atoms with van der Waals surface area (Å²) in [4.78, 5) is 0. The van der Waals surface area contributed by atoms with Crippen molar-refractivity contribution in [1.82, 2.24) is 0 Å². The molecule has 1 rings (SSSR count). The lowest BCUT2D eigenvalue weighted by Crippen LogP contribution is -1.92. The van der Waals surface area contributed by atoms with Crippen LogP contribution >= 0.6 is 0 Å². The highest BCUT2D eigenvalue weighted by atomic mass is 16.5. The van der Waals surface area contributed by atoms with E-state index >= 15 is 0 Å². The summed E-state index contributed by atoms with van der Waals surface area (Å²) in [6.07, 6.45) is 3.46. The molecule has 0 saturated heterocycles. The molecule has 74 valence electrons. The molecular formula is C12H14O2. The number of benzene rings is 1. The molecule has 14 heavy (non-hydrogen) atoms. The van der Waals surface area contributed by atoms with Crippen LogP contribution in [0, 0.1) is 0 Å². The summed E-state index contributed by atoms with van der Waals surface area (Å²) in [6.45, 7) is 7.42. The Kier molecular flexibility index (Phi) is 3.35. The maximum atomic E-state index is 5.20. The summed E-state index contributed by atoms with van der Waals surface area (Å²) >= 11 is 0. The molecule has 0 heterocycles. The van der Waals surface area contributed by atoms with E-state index in [4.69, 9.17) is 9.47 Å². The zero-order valence-corrected chi connectivity index (χ0v) is 8.54. The van der Waals surface area contributed by atoms with Gasteiger partial charge in [0.25, 0.3) is 0 Å². The van der Waals surface area contributed by atoms with E-state index < -0.39 is 0 Å². The van der Waals surface area contributed by atoms with Gasteiger partial charge in [-0.05, 0) is 12.1 Å². The molecule has 0 radical (unpaired) electrons. The predicted molar refractivity (Wildman–Crippen MR) is 59.7 cm³/mol. The molecule has 0 amide bonds. The van der Waals surface area contributed by atoms with Crippen LogP contribution in [0.3, 0.4) is 0 Å². The average Bonchev–Trinajstić information content (AvgIpc) is 2.26. The van der Waals surface area contributed by atoms with E-state index in [-0.39, 0.29) is 0 Å². The van der Waals surface area contributed by atoms with E-state index in [9.17, 15) is 0 Å². The highest BCUT2D eigenvalue weighted by Gasteiger charge is 2.06. The Balaban J connectivity index is 3.34. The maximum absolute atomic E-state index is 5.20. The van der Waals surface area contributed by atoms with E-state index in [1.807, 2.05) is 12.1 Å². The van der Waals surface area contributed by atoms with Gasteiger partial charge in [0.15, 0.2) is 0 Å². The third-order valence-corrected chi connectivity index (χ3v) is 2.02. The minimum Gasteiger partial charge on any atom is -0.496 e. The van der Waals surface area contributed by atoms with Crippen LogP contribution in [0.2, 0.25) is 0 Å². The molecule has 1 aromatic rings. The molecule has 0 saturated carbocycles. The van der Waals surface area contributed by atoms with Crippen molar-refractivity contribution in [2.45, 2.75) is 0 Å². The van der Waals surface area contributed by atoms with Crippen LogP contribution in [-0.2, 0) is 0 Å². The molecule has 0 unspecified atom stereocenters. The third-order valence-electron chi connectivity index (χ3n) is 2.02. The van der Waals surface area contributed by atoms with E-state index in [1.165, 1.54) is 0 Å². The summed E-state index contributed by atoms with van der Waals surface area (Å²) in [5.41, 5.74) is 1.82. The quantitative estimate of drug-likeness (QED) is 0.726. The van der Waals surface area contributed by atoms with E-state index in [2.05, 4.69) is 13.2 Å². The van der Waals surface area contributed by atoms with Gasteiger partial charge >= 0.3 is 0 Å². The molecule has 0 aliphatic heterocycles. The first-order chi connectivity index (χ1) is 6.76.